The predicted molar refractivity (Wildman–Crippen MR) is 454 cm³/mol. The number of ether oxygens (including phenoxy) is 1. The van der Waals surface area contributed by atoms with Gasteiger partial charge in [0, 0.05) is 232 Å². The highest BCUT2D eigenvalue weighted by Crippen LogP contribution is 2.57. The van der Waals surface area contributed by atoms with Crippen molar-refractivity contribution in [1.82, 2.24) is 55.5 Å². The highest BCUT2D eigenvalue weighted by molar-refractivity contribution is 6.63. The maximum atomic E-state index is 14.9. The molecule has 12 heterocycles. The fourth-order valence-electron chi connectivity index (χ4n) is 19.1. The summed E-state index contributed by atoms with van der Waals surface area (Å²) in [5, 5.41) is 44.8. The van der Waals surface area contributed by atoms with Gasteiger partial charge in [-0.05, 0) is 60.2 Å². The van der Waals surface area contributed by atoms with Crippen LogP contribution in [0, 0.1) is 0 Å². The van der Waals surface area contributed by atoms with Crippen LogP contribution in [0.5, 0.6) is 0 Å². The van der Waals surface area contributed by atoms with E-state index in [4.69, 9.17) is 4.74 Å². The number of aliphatic hydroxyl groups is 2. The van der Waals surface area contributed by atoms with E-state index in [0.29, 0.717) is 72.1 Å². The summed E-state index contributed by atoms with van der Waals surface area (Å²) in [5.74, 6) is -8.08. The number of aromatic nitrogens is 9. The Bertz CT molecular complexity index is 7310. The Labute approximate surface area is 674 Å². The zero-order valence-corrected chi connectivity index (χ0v) is 62.6. The molecule has 24 heteroatoms. The second-order valence-electron chi connectivity index (χ2n) is 30.4. The number of carbonyl (C=O) groups is 9. The number of esters is 1. The summed E-state index contributed by atoms with van der Waals surface area (Å²) in [6, 6.07) is 66.1. The number of benzene rings is 9. The van der Waals surface area contributed by atoms with E-state index < -0.39 is 86.8 Å². The molecule has 0 bridgehead atoms. The quantitative estimate of drug-likeness (QED) is 0.0472. The van der Waals surface area contributed by atoms with Gasteiger partial charge in [-0.15, -0.1) is 0 Å². The SMILES string of the molecule is O=C(O)C1Cc2c([nH]c3ccccc23)C2(N1)C(=O)C(c1c[nH]c3ccccc13)=C(c1c[nH]c3ccccc13)C2=O.O=C1NC2(C(=O)C(c3c[nH]c4ccccc34)=C(c3c[nH]c4ccccc34)C2=O)C(c2c[nH]c3ccccc23)=C1O.O=C1OC2(C(=O)C(c3c[nH]c4ccccc34)=C(c3c[nH]c4ccccc34)C2=O)C(c2c[nH]c3ccccc23)=C1O. The average Bonchev–Trinajstić information content (AvgIpc) is 1.53. The van der Waals surface area contributed by atoms with Crippen LogP contribution in [-0.2, 0) is 59.8 Å². The molecule has 3 spiro atoms. The summed E-state index contributed by atoms with van der Waals surface area (Å²) in [7, 11) is 0. The van der Waals surface area contributed by atoms with Gasteiger partial charge in [0.1, 0.15) is 6.04 Å². The number of fused-ring (bicyclic) bond motifs is 12. The van der Waals surface area contributed by atoms with Crippen LogP contribution in [0.15, 0.2) is 279 Å². The van der Waals surface area contributed by atoms with E-state index >= 15 is 0 Å². The standard InChI is InChI=1S/C32H22N4O4.C32H20N4O4.C32H19N3O5/c37-29-26(20-14-33-22-10-4-1-8-17(20)22)27(21-15-34-23-11-5-2-9-18(21)23)30(38)32(29)28-19(13-25(36-32)31(39)40)16-7-3-6-12-24(16)35-28;37-28-27(21-15-35-24-12-6-3-9-18(21)24)32(36-31(28)40)29(38)25(19-13-33-22-10-4-1-7-16(19)22)26(30(32)39)20-14-34-23-11-5-2-8-17(20)23;36-28-27(21-15-35-24-12-6-3-9-18(21)24)32(40-31(28)39)29(37)25(19-13-33-22-10-4-1-7-16(19)22)26(30(32)38)20-14-34-23-11-5-2-8-17(20)23/h1-12,14-15,25,33-36H,13H2,(H,39,40);1-15,33-35,37H,(H,36,40);1-15,33-36H. The number of Topliss-reactive ketones (excluding diaryl/α,β-unsaturated/α-hetero) is 6. The van der Waals surface area contributed by atoms with Crippen LogP contribution in [-0.4, -0.2) is 130 Å². The number of hydrogen-bond acceptors (Lipinski definition) is 13. The Morgan fingerprint density at radius 2 is 0.583 bits per heavy atom. The molecule has 1 unspecified atom stereocenters. The zero-order valence-electron chi connectivity index (χ0n) is 62.6. The zero-order chi connectivity index (χ0) is 81.5. The monoisotopic (exact) mass is 1580 g/mol. The Morgan fingerprint density at radius 3 is 0.908 bits per heavy atom. The Balaban J connectivity index is 0.000000108. The number of aliphatic carboxylic acids is 1. The Hall–Kier alpha value is -16.5. The number of aromatic amines is 9. The fraction of sp³-hybridized carbons (Fsp3) is 0.0521. The lowest BCUT2D eigenvalue weighted by atomic mass is 9.79. The molecular formula is C96H61N11O13. The van der Waals surface area contributed by atoms with Crippen LogP contribution in [0.3, 0.4) is 0 Å². The second-order valence-corrected chi connectivity index (χ2v) is 30.4. The van der Waals surface area contributed by atoms with Gasteiger partial charge in [-0.25, -0.2) is 4.79 Å². The van der Waals surface area contributed by atoms with E-state index in [2.05, 4.69) is 55.5 Å². The molecule has 578 valence electrons. The van der Waals surface area contributed by atoms with Crippen molar-refractivity contribution in [2.45, 2.75) is 29.1 Å². The largest absolute Gasteiger partial charge is 0.503 e. The summed E-state index contributed by atoms with van der Waals surface area (Å²) in [5.41, 5.74) is 6.65. The molecular weight excluding hydrogens is 1520 g/mol. The van der Waals surface area contributed by atoms with Gasteiger partial charge in [-0.2, -0.15) is 0 Å². The Morgan fingerprint density at radius 1 is 0.317 bits per heavy atom. The summed E-state index contributed by atoms with van der Waals surface area (Å²) in [4.78, 5) is 156. The smallest absolute Gasteiger partial charge is 0.375 e. The number of carboxylic acids is 1. The number of H-pyrrole nitrogens is 9. The lowest BCUT2D eigenvalue weighted by Gasteiger charge is -2.36. The van der Waals surface area contributed by atoms with E-state index in [-0.39, 0.29) is 51.0 Å². The minimum atomic E-state index is -2.38. The van der Waals surface area contributed by atoms with Gasteiger partial charge in [-0.3, -0.25) is 43.7 Å². The highest BCUT2D eigenvalue weighted by atomic mass is 16.6. The third-order valence-electron chi connectivity index (χ3n) is 24.4. The minimum absolute atomic E-state index is 0.0443. The molecule has 9 aromatic heterocycles. The lowest BCUT2D eigenvalue weighted by Crippen LogP contribution is -2.62. The molecule has 3 aliphatic carbocycles. The summed E-state index contributed by atoms with van der Waals surface area (Å²) in [6.07, 6.45) is 13.6. The second kappa shape index (κ2) is 25.8. The maximum Gasteiger partial charge on any atom is 0.375 e. The summed E-state index contributed by atoms with van der Waals surface area (Å²) < 4.78 is 5.67. The van der Waals surface area contributed by atoms with E-state index in [1.165, 1.54) is 0 Å². The van der Waals surface area contributed by atoms with Gasteiger partial charge in [0.05, 0.1) is 16.8 Å². The number of para-hydroxylation sites is 9. The van der Waals surface area contributed by atoms with Crippen LogP contribution < -0.4 is 10.6 Å². The van der Waals surface area contributed by atoms with E-state index in [0.717, 1.165) is 81.8 Å². The number of amides is 1. The van der Waals surface area contributed by atoms with Crippen molar-refractivity contribution in [2.75, 3.05) is 0 Å². The van der Waals surface area contributed by atoms with Crippen LogP contribution >= 0.6 is 0 Å². The Kier molecular flexibility index (Phi) is 15.1. The molecule has 0 fully saturated rings. The van der Waals surface area contributed by atoms with Gasteiger partial charge in [0.25, 0.3) is 11.5 Å². The van der Waals surface area contributed by atoms with E-state index in [1.54, 1.807) is 61.7 Å². The van der Waals surface area contributed by atoms with Crippen LogP contribution in [0.2, 0.25) is 0 Å². The first-order valence-corrected chi connectivity index (χ1v) is 38.6. The van der Waals surface area contributed by atoms with Gasteiger partial charge in [0.2, 0.25) is 28.9 Å². The molecule has 1 amide bonds. The predicted octanol–water partition coefficient (Wildman–Crippen LogP) is 15.2. The number of aliphatic hydroxyl groups excluding tert-OH is 2. The number of hydrogen-bond donors (Lipinski definition) is 14. The third-order valence-corrected chi connectivity index (χ3v) is 24.4. The highest BCUT2D eigenvalue weighted by Gasteiger charge is 2.68. The van der Waals surface area contributed by atoms with Crippen molar-refractivity contribution in [1.29, 1.82) is 0 Å². The molecule has 0 radical (unpaired) electrons. The van der Waals surface area contributed by atoms with Gasteiger partial charge >= 0.3 is 11.9 Å². The first-order valence-electron chi connectivity index (χ1n) is 38.6. The molecule has 24 rings (SSSR count). The topological polar surface area (TPSA) is 390 Å². The molecule has 0 saturated carbocycles. The van der Waals surface area contributed by atoms with Crippen LogP contribution in [0.4, 0.5) is 0 Å². The van der Waals surface area contributed by atoms with Crippen molar-refractivity contribution < 1.29 is 63.2 Å². The molecule has 3 aliphatic heterocycles. The molecule has 1 atom stereocenters. The fourth-order valence-corrected chi connectivity index (χ4v) is 19.1. The first-order chi connectivity index (χ1) is 58.5. The molecule has 9 aromatic carbocycles. The molecule has 6 aliphatic rings. The lowest BCUT2D eigenvalue weighted by molar-refractivity contribution is -0.157. The van der Waals surface area contributed by atoms with Crippen molar-refractivity contribution in [3.8, 4) is 0 Å². The van der Waals surface area contributed by atoms with Crippen LogP contribution in [0.1, 0.15) is 55.8 Å². The van der Waals surface area contributed by atoms with Crippen molar-refractivity contribution in [2.24, 2.45) is 0 Å². The normalized spacial score (nSPS) is 17.4. The number of carbonyl (C=O) groups excluding carboxylic acids is 8. The number of carboxylic acid groups (broad SMARTS) is 1. The minimum Gasteiger partial charge on any atom is -0.503 e. The van der Waals surface area contributed by atoms with Gasteiger partial charge in [-0.1, -0.05) is 164 Å². The summed E-state index contributed by atoms with van der Waals surface area (Å²) >= 11 is 0. The molecule has 24 nitrogen and oxygen atoms in total. The molecule has 14 N–H and O–H groups in total. The number of rotatable bonds is 9. The molecule has 120 heavy (non-hydrogen) atoms. The number of nitrogens with one attached hydrogen (secondary N) is 11. The first kappa shape index (κ1) is 70.2. The maximum absolute atomic E-state index is 14.9. The molecule has 18 aromatic rings. The number of ketones is 6. The summed E-state index contributed by atoms with van der Waals surface area (Å²) in [6.45, 7) is 0. The van der Waals surface area contributed by atoms with Crippen LogP contribution in [0.25, 0.3) is 143 Å². The van der Waals surface area contributed by atoms with E-state index in [9.17, 15) is 58.5 Å². The van der Waals surface area contributed by atoms with E-state index in [1.807, 2.05) is 206 Å². The van der Waals surface area contributed by atoms with Crippen molar-refractivity contribution >= 4 is 195 Å². The third kappa shape index (κ3) is 9.56. The van der Waals surface area contributed by atoms with Gasteiger partial charge in [0.15, 0.2) is 28.4 Å². The van der Waals surface area contributed by atoms with Gasteiger partial charge < -0.3 is 70.2 Å². The van der Waals surface area contributed by atoms with Crippen molar-refractivity contribution in [3.63, 3.8) is 0 Å². The van der Waals surface area contributed by atoms with Crippen molar-refractivity contribution in [3.05, 3.63) is 335 Å². The average molecular weight is 1580 g/mol. The molecule has 0 saturated heterocycles.